The summed E-state index contributed by atoms with van der Waals surface area (Å²) < 4.78 is 0. The highest BCUT2D eigenvalue weighted by molar-refractivity contribution is 6.41. The van der Waals surface area contributed by atoms with Crippen LogP contribution in [0.4, 0.5) is 0 Å². The van der Waals surface area contributed by atoms with Gasteiger partial charge in [0.2, 0.25) is 0 Å². The lowest BCUT2D eigenvalue weighted by Crippen LogP contribution is -2.34. The normalized spacial score (nSPS) is 10.1. The summed E-state index contributed by atoms with van der Waals surface area (Å²) in [6.07, 6.45) is 0.248. The molecule has 48 valence electrons. The van der Waals surface area contributed by atoms with E-state index in [4.69, 9.17) is 10.0 Å². The van der Waals surface area contributed by atoms with Crippen molar-refractivity contribution in [2.24, 2.45) is 0 Å². The molecule has 0 rings (SSSR count). The molecular weight excluding hydrogens is 105 g/mol. The molecule has 0 atom stereocenters. The Kier molecular flexibility index (Phi) is 3.86. The molecule has 3 N–H and O–H groups in total. The molecule has 0 amide bonds. The van der Waals surface area contributed by atoms with Gasteiger partial charge in [0.05, 0.1) is 0 Å². The Bertz CT molecular complexity index is 50.0. The van der Waals surface area contributed by atoms with Gasteiger partial charge in [0.25, 0.3) is 0 Å². The fourth-order valence-electron chi connectivity index (χ4n) is 0.341. The second-order valence-electron chi connectivity index (χ2n) is 2.04. The van der Waals surface area contributed by atoms with Crippen molar-refractivity contribution in [3.8, 4) is 0 Å². The minimum absolute atomic E-state index is 0.248. The molecule has 4 heteroatoms. The topological polar surface area (TPSA) is 52.5 Å². The van der Waals surface area contributed by atoms with Gasteiger partial charge in [-0.25, -0.2) is 0 Å². The van der Waals surface area contributed by atoms with E-state index < -0.39 is 7.12 Å². The van der Waals surface area contributed by atoms with E-state index in [2.05, 4.69) is 5.32 Å². The highest BCUT2D eigenvalue weighted by Crippen LogP contribution is 1.73. The van der Waals surface area contributed by atoms with Crippen molar-refractivity contribution in [2.45, 2.75) is 19.9 Å². The van der Waals surface area contributed by atoms with Crippen LogP contribution in [0.15, 0.2) is 0 Å². The molecule has 0 saturated carbocycles. The third kappa shape index (κ3) is 5.94. The molecule has 0 saturated heterocycles. The van der Waals surface area contributed by atoms with Crippen LogP contribution in [-0.2, 0) is 0 Å². The van der Waals surface area contributed by atoms with Crippen molar-refractivity contribution in [2.75, 3.05) is 6.44 Å². The summed E-state index contributed by atoms with van der Waals surface area (Å²) in [5, 5.41) is 19.4. The summed E-state index contributed by atoms with van der Waals surface area (Å²) >= 11 is 0. The van der Waals surface area contributed by atoms with Gasteiger partial charge in [-0.1, -0.05) is 13.8 Å². The highest BCUT2D eigenvalue weighted by Gasteiger charge is 2.04. The van der Waals surface area contributed by atoms with E-state index in [9.17, 15) is 0 Å². The molecule has 3 nitrogen and oxygen atoms in total. The van der Waals surface area contributed by atoms with E-state index in [-0.39, 0.29) is 6.44 Å². The lowest BCUT2D eigenvalue weighted by atomic mass is 9.92. The Labute approximate surface area is 49.9 Å². The predicted molar refractivity (Wildman–Crippen MR) is 33.3 cm³/mol. The molecule has 0 spiro atoms. The molecule has 0 bridgehead atoms. The van der Waals surface area contributed by atoms with Crippen LogP contribution in [0.1, 0.15) is 13.8 Å². The Hall–Kier alpha value is -0.0551. The zero-order chi connectivity index (χ0) is 6.57. The Morgan fingerprint density at radius 2 is 2.00 bits per heavy atom. The molecule has 0 aromatic carbocycles. The number of nitrogens with one attached hydrogen (secondary N) is 1. The maximum Gasteiger partial charge on any atom is 0.466 e. The Balaban J connectivity index is 2.93. The number of hydrogen-bond donors (Lipinski definition) is 3. The van der Waals surface area contributed by atoms with Crippen LogP contribution in [-0.4, -0.2) is 29.7 Å². The fourth-order valence-corrected chi connectivity index (χ4v) is 0.341. The zero-order valence-corrected chi connectivity index (χ0v) is 5.26. The molecule has 0 heterocycles. The highest BCUT2D eigenvalue weighted by atomic mass is 16.4. The van der Waals surface area contributed by atoms with Crippen molar-refractivity contribution in [1.29, 1.82) is 0 Å². The second kappa shape index (κ2) is 3.89. The summed E-state index contributed by atoms with van der Waals surface area (Å²) in [6, 6.07) is 0.316. The SMILES string of the molecule is CC(C)NCB(O)O. The van der Waals surface area contributed by atoms with E-state index in [0.717, 1.165) is 0 Å². The first-order valence-corrected chi connectivity index (χ1v) is 2.72. The number of hydrogen-bond acceptors (Lipinski definition) is 3. The summed E-state index contributed by atoms with van der Waals surface area (Å²) in [5.41, 5.74) is 0. The van der Waals surface area contributed by atoms with E-state index in [1.165, 1.54) is 0 Å². The van der Waals surface area contributed by atoms with E-state index in [1.54, 1.807) is 0 Å². The summed E-state index contributed by atoms with van der Waals surface area (Å²) in [7, 11) is -1.22. The van der Waals surface area contributed by atoms with E-state index >= 15 is 0 Å². The van der Waals surface area contributed by atoms with Gasteiger partial charge >= 0.3 is 7.12 Å². The maximum atomic E-state index is 8.29. The minimum Gasteiger partial charge on any atom is -0.426 e. The van der Waals surface area contributed by atoms with Crippen LogP contribution in [0.5, 0.6) is 0 Å². The zero-order valence-electron chi connectivity index (χ0n) is 5.26. The van der Waals surface area contributed by atoms with Crippen molar-refractivity contribution in [1.82, 2.24) is 5.32 Å². The van der Waals surface area contributed by atoms with Gasteiger partial charge in [-0.3, -0.25) is 0 Å². The summed E-state index contributed by atoms with van der Waals surface area (Å²) in [6.45, 7) is 3.89. The lowest BCUT2D eigenvalue weighted by molar-refractivity contribution is 0.395. The van der Waals surface area contributed by atoms with Crippen LogP contribution in [0.3, 0.4) is 0 Å². The lowest BCUT2D eigenvalue weighted by Gasteiger charge is -2.05. The average Bonchev–Trinajstić information content (AvgIpc) is 1.61. The Morgan fingerprint density at radius 3 is 2.12 bits per heavy atom. The fraction of sp³-hybridized carbons (Fsp3) is 1.00. The first kappa shape index (κ1) is 7.94. The standard InChI is InChI=1S/C4H12BNO2/c1-4(2)6-3-5(7)8/h4,6-8H,3H2,1-2H3. The smallest absolute Gasteiger partial charge is 0.426 e. The van der Waals surface area contributed by atoms with Crippen LogP contribution < -0.4 is 5.32 Å². The van der Waals surface area contributed by atoms with Crippen molar-refractivity contribution >= 4 is 7.12 Å². The van der Waals surface area contributed by atoms with Gasteiger partial charge in [0.15, 0.2) is 0 Å². The van der Waals surface area contributed by atoms with Crippen LogP contribution in [0.25, 0.3) is 0 Å². The molecular formula is C4H12BNO2. The van der Waals surface area contributed by atoms with Crippen LogP contribution in [0.2, 0.25) is 0 Å². The van der Waals surface area contributed by atoms with Crippen LogP contribution in [0, 0.1) is 0 Å². The quantitative estimate of drug-likeness (QED) is 0.415. The largest absolute Gasteiger partial charge is 0.466 e. The third-order valence-electron chi connectivity index (χ3n) is 0.709. The summed E-state index contributed by atoms with van der Waals surface area (Å²) in [5.74, 6) is 0. The predicted octanol–water partition coefficient (Wildman–Crippen LogP) is -1.00. The molecule has 0 aliphatic heterocycles. The van der Waals surface area contributed by atoms with Gasteiger partial charge in [-0.2, -0.15) is 0 Å². The molecule has 0 radical (unpaired) electrons. The van der Waals surface area contributed by atoms with Gasteiger partial charge in [-0.05, 0) is 0 Å². The number of rotatable bonds is 3. The molecule has 0 fully saturated rings. The second-order valence-corrected chi connectivity index (χ2v) is 2.04. The van der Waals surface area contributed by atoms with Crippen molar-refractivity contribution in [3.63, 3.8) is 0 Å². The first-order chi connectivity index (χ1) is 3.63. The minimum atomic E-state index is -1.22. The molecule has 0 aromatic heterocycles. The van der Waals surface area contributed by atoms with Crippen LogP contribution >= 0.6 is 0 Å². The molecule has 8 heavy (non-hydrogen) atoms. The monoisotopic (exact) mass is 117 g/mol. The molecule has 0 aromatic rings. The van der Waals surface area contributed by atoms with E-state index in [0.29, 0.717) is 6.04 Å². The van der Waals surface area contributed by atoms with Gasteiger partial charge < -0.3 is 15.4 Å². The van der Waals surface area contributed by atoms with E-state index in [1.807, 2.05) is 13.8 Å². The van der Waals surface area contributed by atoms with Gasteiger partial charge in [-0.15, -0.1) is 0 Å². The van der Waals surface area contributed by atoms with Crippen molar-refractivity contribution in [3.05, 3.63) is 0 Å². The molecule has 0 aliphatic rings. The van der Waals surface area contributed by atoms with Gasteiger partial charge in [0, 0.05) is 12.5 Å². The van der Waals surface area contributed by atoms with Gasteiger partial charge in [0.1, 0.15) is 0 Å². The average molecular weight is 117 g/mol. The maximum absolute atomic E-state index is 8.29. The third-order valence-corrected chi connectivity index (χ3v) is 0.709. The first-order valence-electron chi connectivity index (χ1n) is 2.72. The molecule has 0 aliphatic carbocycles. The Morgan fingerprint density at radius 1 is 1.50 bits per heavy atom. The molecule has 0 unspecified atom stereocenters. The summed E-state index contributed by atoms with van der Waals surface area (Å²) in [4.78, 5) is 0. The van der Waals surface area contributed by atoms with Crippen molar-refractivity contribution < 1.29 is 10.0 Å².